The van der Waals surface area contributed by atoms with Crippen LogP contribution in [0, 0.1) is 11.8 Å². The van der Waals surface area contributed by atoms with Crippen LogP contribution in [0.2, 0.25) is 0 Å². The minimum Gasteiger partial charge on any atom is -0.504 e. The van der Waals surface area contributed by atoms with E-state index in [0.717, 1.165) is 32.4 Å². The summed E-state index contributed by atoms with van der Waals surface area (Å²) in [6.45, 7) is 4.72. The molecule has 1 saturated heterocycles. The van der Waals surface area contributed by atoms with Crippen molar-refractivity contribution in [3.05, 3.63) is 23.3 Å². The molecule has 2 heterocycles. The number of fused-ring (bicyclic) bond motifs is 3. The lowest BCUT2D eigenvalue weighted by molar-refractivity contribution is 0.0409. The molecule has 4 nitrogen and oxygen atoms in total. The first-order chi connectivity index (χ1) is 10.7. The highest BCUT2D eigenvalue weighted by atomic mass is 16.5. The molecule has 122 valence electrons. The maximum absolute atomic E-state index is 10.0. The van der Waals surface area contributed by atoms with Crippen molar-refractivity contribution in [1.29, 1.82) is 0 Å². The number of piperidine rings is 1. The first-order valence-corrected chi connectivity index (χ1v) is 8.42. The largest absolute Gasteiger partial charge is 0.504 e. The van der Waals surface area contributed by atoms with Crippen molar-refractivity contribution in [2.24, 2.45) is 11.8 Å². The highest BCUT2D eigenvalue weighted by Gasteiger charge is 2.38. The molecule has 3 atom stereocenters. The molecule has 0 saturated carbocycles. The molecular formula is C18H27NO3. The molecule has 4 heteroatoms. The van der Waals surface area contributed by atoms with Crippen molar-refractivity contribution in [2.75, 3.05) is 26.8 Å². The molecule has 1 aromatic carbocycles. The van der Waals surface area contributed by atoms with Crippen LogP contribution in [0.4, 0.5) is 0 Å². The van der Waals surface area contributed by atoms with Crippen molar-refractivity contribution in [3.63, 3.8) is 0 Å². The molecule has 0 aromatic heterocycles. The Bertz CT molecular complexity index is 531. The van der Waals surface area contributed by atoms with Gasteiger partial charge in [-0.25, -0.2) is 0 Å². The summed E-state index contributed by atoms with van der Waals surface area (Å²) in [6, 6.07) is 4.29. The number of rotatable bonds is 4. The van der Waals surface area contributed by atoms with Gasteiger partial charge >= 0.3 is 0 Å². The Morgan fingerprint density at radius 3 is 2.82 bits per heavy atom. The molecule has 0 bridgehead atoms. The first-order valence-electron chi connectivity index (χ1n) is 8.42. The molecule has 1 aromatic rings. The molecule has 2 N–H and O–H groups in total. The van der Waals surface area contributed by atoms with Crippen molar-refractivity contribution in [2.45, 2.75) is 38.6 Å². The second-order valence-electron chi connectivity index (χ2n) is 6.66. The average Bonchev–Trinajstić information content (AvgIpc) is 2.53. The number of hydrogen-bond donors (Lipinski definition) is 2. The summed E-state index contributed by atoms with van der Waals surface area (Å²) >= 11 is 0. The van der Waals surface area contributed by atoms with Gasteiger partial charge in [-0.2, -0.15) is 0 Å². The second kappa shape index (κ2) is 6.47. The number of phenolic OH excluding ortho intramolecular Hbond substituents is 1. The number of aliphatic hydroxyl groups excluding tert-OH is 1. The van der Waals surface area contributed by atoms with Crippen LogP contribution in [0.3, 0.4) is 0 Å². The molecule has 1 fully saturated rings. The molecule has 2 aliphatic heterocycles. The summed E-state index contributed by atoms with van der Waals surface area (Å²) in [5, 5.41) is 19.4. The van der Waals surface area contributed by atoms with Crippen molar-refractivity contribution >= 4 is 0 Å². The molecule has 2 aliphatic rings. The minimum atomic E-state index is 0.240. The van der Waals surface area contributed by atoms with Crippen LogP contribution in [0.5, 0.6) is 11.5 Å². The van der Waals surface area contributed by atoms with Gasteiger partial charge in [-0.05, 0) is 54.4 Å². The number of aliphatic hydroxyl groups is 1. The van der Waals surface area contributed by atoms with E-state index < -0.39 is 0 Å². The minimum absolute atomic E-state index is 0.240. The maximum Gasteiger partial charge on any atom is 0.160 e. The Kier molecular flexibility index (Phi) is 4.59. The van der Waals surface area contributed by atoms with E-state index in [9.17, 15) is 10.2 Å². The maximum atomic E-state index is 10.0. The average molecular weight is 305 g/mol. The molecule has 0 aliphatic carbocycles. The van der Waals surface area contributed by atoms with E-state index in [1.807, 2.05) is 12.1 Å². The molecule has 0 amide bonds. The van der Waals surface area contributed by atoms with Crippen LogP contribution in [-0.4, -0.2) is 41.9 Å². The Morgan fingerprint density at radius 2 is 2.14 bits per heavy atom. The number of phenols is 1. The van der Waals surface area contributed by atoms with Crippen LogP contribution >= 0.6 is 0 Å². The van der Waals surface area contributed by atoms with Gasteiger partial charge < -0.3 is 14.9 Å². The first kappa shape index (κ1) is 15.6. The Morgan fingerprint density at radius 1 is 1.32 bits per heavy atom. The zero-order valence-corrected chi connectivity index (χ0v) is 13.6. The van der Waals surface area contributed by atoms with Gasteiger partial charge in [0.1, 0.15) is 0 Å². The Labute approximate surface area is 132 Å². The molecule has 22 heavy (non-hydrogen) atoms. The van der Waals surface area contributed by atoms with E-state index in [0.29, 0.717) is 23.6 Å². The lowest BCUT2D eigenvalue weighted by atomic mass is 9.74. The summed E-state index contributed by atoms with van der Waals surface area (Å²) in [4.78, 5) is 2.58. The van der Waals surface area contributed by atoms with Crippen molar-refractivity contribution < 1.29 is 14.9 Å². The van der Waals surface area contributed by atoms with Gasteiger partial charge in [0.25, 0.3) is 0 Å². The van der Waals surface area contributed by atoms with Crippen molar-refractivity contribution in [3.8, 4) is 11.5 Å². The summed E-state index contributed by atoms with van der Waals surface area (Å²) in [7, 11) is 1.60. The van der Waals surface area contributed by atoms with Crippen LogP contribution in [0.25, 0.3) is 0 Å². The van der Waals surface area contributed by atoms with E-state index in [4.69, 9.17) is 4.74 Å². The van der Waals surface area contributed by atoms with Gasteiger partial charge in [0, 0.05) is 25.7 Å². The van der Waals surface area contributed by atoms with Gasteiger partial charge in [0.2, 0.25) is 0 Å². The van der Waals surface area contributed by atoms with Gasteiger partial charge in [0.05, 0.1) is 7.11 Å². The quantitative estimate of drug-likeness (QED) is 0.898. The summed E-state index contributed by atoms with van der Waals surface area (Å²) in [5.74, 6) is 2.08. The summed E-state index contributed by atoms with van der Waals surface area (Å²) in [6.07, 6.45) is 4.16. The number of benzene rings is 1. The third kappa shape index (κ3) is 2.70. The lowest BCUT2D eigenvalue weighted by Crippen LogP contribution is -2.46. The highest BCUT2D eigenvalue weighted by Crippen LogP contribution is 2.45. The number of hydrogen-bond acceptors (Lipinski definition) is 4. The summed E-state index contributed by atoms with van der Waals surface area (Å²) in [5.41, 5.74) is 2.55. The lowest BCUT2D eigenvalue weighted by Gasteiger charge is -2.47. The monoisotopic (exact) mass is 305 g/mol. The number of aromatic hydroxyl groups is 1. The van der Waals surface area contributed by atoms with Gasteiger partial charge in [-0.15, -0.1) is 0 Å². The molecule has 0 radical (unpaired) electrons. The third-order valence-corrected chi connectivity index (χ3v) is 5.59. The van der Waals surface area contributed by atoms with Crippen LogP contribution in [0.1, 0.15) is 43.4 Å². The normalized spacial score (nSPS) is 28.0. The molecule has 3 unspecified atom stereocenters. The van der Waals surface area contributed by atoms with E-state index >= 15 is 0 Å². The standard InChI is InChI=1S/C18H27NO3/c1-3-12-11-19-6-4-14-9-17(21)18(22-2)10-15(14)16(19)8-13(12)5-7-20/h9-10,12-13,16,20-21H,3-8,11H2,1-2H3. The van der Waals surface area contributed by atoms with E-state index in [2.05, 4.69) is 11.8 Å². The van der Waals surface area contributed by atoms with Crippen molar-refractivity contribution in [1.82, 2.24) is 4.90 Å². The second-order valence-corrected chi connectivity index (χ2v) is 6.66. The van der Waals surface area contributed by atoms with Crippen LogP contribution in [-0.2, 0) is 6.42 Å². The Balaban J connectivity index is 1.91. The third-order valence-electron chi connectivity index (χ3n) is 5.59. The highest BCUT2D eigenvalue weighted by molar-refractivity contribution is 5.48. The predicted octanol–water partition coefficient (Wildman–Crippen LogP) is 2.73. The number of ether oxygens (including phenoxy) is 1. The SMILES string of the molecule is CCC1CN2CCc3cc(O)c(OC)cc3C2CC1CCO. The number of methoxy groups -OCH3 is 1. The fraction of sp³-hybridized carbons (Fsp3) is 0.667. The smallest absolute Gasteiger partial charge is 0.160 e. The van der Waals surface area contributed by atoms with Gasteiger partial charge in [-0.1, -0.05) is 13.3 Å². The fourth-order valence-electron chi connectivity index (χ4n) is 4.34. The zero-order chi connectivity index (χ0) is 15.7. The van der Waals surface area contributed by atoms with Gasteiger partial charge in [-0.3, -0.25) is 4.90 Å². The summed E-state index contributed by atoms with van der Waals surface area (Å²) < 4.78 is 5.30. The van der Waals surface area contributed by atoms with E-state index in [1.54, 1.807) is 7.11 Å². The zero-order valence-electron chi connectivity index (χ0n) is 13.6. The molecular weight excluding hydrogens is 278 g/mol. The van der Waals surface area contributed by atoms with Gasteiger partial charge in [0.15, 0.2) is 11.5 Å². The fourth-order valence-corrected chi connectivity index (χ4v) is 4.34. The van der Waals surface area contributed by atoms with E-state index in [-0.39, 0.29) is 12.4 Å². The molecule has 0 spiro atoms. The number of nitrogens with zero attached hydrogens (tertiary/aromatic N) is 1. The van der Waals surface area contributed by atoms with Crippen LogP contribution < -0.4 is 4.74 Å². The van der Waals surface area contributed by atoms with E-state index in [1.165, 1.54) is 17.5 Å². The van der Waals surface area contributed by atoms with Crippen LogP contribution in [0.15, 0.2) is 12.1 Å². The predicted molar refractivity (Wildman–Crippen MR) is 86.3 cm³/mol. The molecule has 3 rings (SSSR count). The Hall–Kier alpha value is -1.26. The topological polar surface area (TPSA) is 52.9 Å².